The van der Waals surface area contributed by atoms with Crippen LogP contribution in [0.2, 0.25) is 0 Å². The van der Waals surface area contributed by atoms with Crippen LogP contribution in [0.1, 0.15) is 23.7 Å². The van der Waals surface area contributed by atoms with Crippen LogP contribution < -0.4 is 5.32 Å². The average molecular weight is 386 g/mol. The van der Waals surface area contributed by atoms with E-state index in [2.05, 4.69) is 34.3 Å². The third-order valence-corrected chi connectivity index (χ3v) is 4.56. The highest BCUT2D eigenvalue weighted by Crippen LogP contribution is 2.25. The number of benzene rings is 1. The standard InChI is InChI=1S/C19H29F3N4O/c1-15-7-4-5-8-16(15)17-13-26(11-12-27-17)18(23-2)24-9-6-10-25(3)14-19(20,21)22/h4-5,7-8,17H,6,9-14H2,1-3H3,(H,23,24). The number of halogens is 3. The zero-order valence-electron chi connectivity index (χ0n) is 16.2. The molecule has 27 heavy (non-hydrogen) atoms. The molecule has 0 saturated carbocycles. The second-order valence-corrected chi connectivity index (χ2v) is 6.84. The minimum Gasteiger partial charge on any atom is -0.370 e. The van der Waals surface area contributed by atoms with Crippen LogP contribution in [0.25, 0.3) is 0 Å². The highest BCUT2D eigenvalue weighted by Gasteiger charge is 2.29. The Labute approximate surface area is 159 Å². The van der Waals surface area contributed by atoms with Gasteiger partial charge in [-0.1, -0.05) is 24.3 Å². The number of nitrogens with one attached hydrogen (secondary N) is 1. The van der Waals surface area contributed by atoms with Gasteiger partial charge in [-0.25, -0.2) is 0 Å². The van der Waals surface area contributed by atoms with Gasteiger partial charge in [0.1, 0.15) is 6.10 Å². The molecule has 0 bridgehead atoms. The molecule has 1 unspecified atom stereocenters. The number of aryl methyl sites for hydroxylation is 1. The molecular formula is C19H29F3N4O. The van der Waals surface area contributed by atoms with Crippen LogP contribution in [-0.4, -0.2) is 75.4 Å². The minimum absolute atomic E-state index is 0.0172. The Bertz CT molecular complexity index is 621. The molecule has 5 nitrogen and oxygen atoms in total. The first-order valence-corrected chi connectivity index (χ1v) is 9.18. The number of aliphatic imine (C=N–C) groups is 1. The lowest BCUT2D eigenvalue weighted by Gasteiger charge is -2.35. The SMILES string of the molecule is CN=C(NCCCN(C)CC(F)(F)F)N1CCOC(c2ccccc2C)C1. The summed E-state index contributed by atoms with van der Waals surface area (Å²) in [6.45, 7) is 4.16. The van der Waals surface area contributed by atoms with Crippen LogP contribution in [0.4, 0.5) is 13.2 Å². The summed E-state index contributed by atoms with van der Waals surface area (Å²) >= 11 is 0. The average Bonchev–Trinajstić information content (AvgIpc) is 2.61. The van der Waals surface area contributed by atoms with E-state index in [0.717, 1.165) is 12.5 Å². The molecule has 1 aliphatic heterocycles. The van der Waals surface area contributed by atoms with Gasteiger partial charge in [-0.2, -0.15) is 13.2 Å². The monoisotopic (exact) mass is 386 g/mol. The Morgan fingerprint density at radius 1 is 1.37 bits per heavy atom. The molecule has 0 spiro atoms. The van der Waals surface area contributed by atoms with E-state index in [9.17, 15) is 13.2 Å². The summed E-state index contributed by atoms with van der Waals surface area (Å²) in [4.78, 5) is 7.74. The number of nitrogens with zero attached hydrogens (tertiary/aromatic N) is 3. The zero-order chi connectivity index (χ0) is 19.9. The molecule has 1 fully saturated rings. The van der Waals surface area contributed by atoms with Gasteiger partial charge in [0, 0.05) is 20.1 Å². The first kappa shape index (κ1) is 21.5. The van der Waals surface area contributed by atoms with Crippen molar-refractivity contribution in [3.05, 3.63) is 35.4 Å². The van der Waals surface area contributed by atoms with E-state index in [0.29, 0.717) is 32.7 Å². The lowest BCUT2D eigenvalue weighted by molar-refractivity contribution is -0.143. The van der Waals surface area contributed by atoms with Crippen molar-refractivity contribution in [2.45, 2.75) is 25.6 Å². The first-order valence-electron chi connectivity index (χ1n) is 9.18. The summed E-state index contributed by atoms with van der Waals surface area (Å²) in [5.41, 5.74) is 2.37. The summed E-state index contributed by atoms with van der Waals surface area (Å²) in [5, 5.41) is 3.26. The van der Waals surface area contributed by atoms with Crippen LogP contribution in [0.3, 0.4) is 0 Å². The van der Waals surface area contributed by atoms with Gasteiger partial charge in [-0.05, 0) is 38.1 Å². The molecule has 0 radical (unpaired) electrons. The second-order valence-electron chi connectivity index (χ2n) is 6.84. The highest BCUT2D eigenvalue weighted by molar-refractivity contribution is 5.80. The molecule has 1 N–H and O–H groups in total. The van der Waals surface area contributed by atoms with Crippen molar-refractivity contribution >= 4 is 5.96 Å². The van der Waals surface area contributed by atoms with E-state index in [1.165, 1.54) is 23.1 Å². The number of rotatable bonds is 6. The van der Waals surface area contributed by atoms with Crippen LogP contribution >= 0.6 is 0 Å². The van der Waals surface area contributed by atoms with E-state index in [1.807, 2.05) is 12.1 Å². The molecule has 0 amide bonds. The van der Waals surface area contributed by atoms with Gasteiger partial charge in [0.05, 0.1) is 19.7 Å². The molecule has 2 rings (SSSR count). The van der Waals surface area contributed by atoms with Gasteiger partial charge >= 0.3 is 6.18 Å². The van der Waals surface area contributed by atoms with Crippen molar-refractivity contribution in [2.24, 2.45) is 4.99 Å². The van der Waals surface area contributed by atoms with Crippen LogP contribution in [-0.2, 0) is 4.74 Å². The maximum Gasteiger partial charge on any atom is 0.401 e. The Balaban J connectivity index is 1.82. The molecule has 1 aromatic carbocycles. The van der Waals surface area contributed by atoms with Gasteiger partial charge in [0.25, 0.3) is 0 Å². The fourth-order valence-electron chi connectivity index (χ4n) is 3.24. The lowest BCUT2D eigenvalue weighted by Crippen LogP contribution is -2.48. The fraction of sp³-hybridized carbons (Fsp3) is 0.632. The third-order valence-electron chi connectivity index (χ3n) is 4.56. The minimum atomic E-state index is -4.16. The summed E-state index contributed by atoms with van der Waals surface area (Å²) in [7, 11) is 3.20. The Morgan fingerprint density at radius 3 is 2.78 bits per heavy atom. The van der Waals surface area contributed by atoms with E-state index in [4.69, 9.17) is 4.74 Å². The number of guanidine groups is 1. The molecular weight excluding hydrogens is 357 g/mol. The predicted octanol–water partition coefficient (Wildman–Crippen LogP) is 2.83. The normalized spacial score (nSPS) is 18.9. The van der Waals surface area contributed by atoms with Gasteiger partial charge in [-0.3, -0.25) is 9.89 Å². The largest absolute Gasteiger partial charge is 0.401 e. The molecule has 1 heterocycles. The summed E-state index contributed by atoms with van der Waals surface area (Å²) in [5.74, 6) is 0.760. The predicted molar refractivity (Wildman–Crippen MR) is 101 cm³/mol. The number of morpholine rings is 1. The van der Waals surface area contributed by atoms with Crippen molar-refractivity contribution in [3.63, 3.8) is 0 Å². The second kappa shape index (κ2) is 9.94. The molecule has 1 saturated heterocycles. The van der Waals surface area contributed by atoms with Crippen LogP contribution in [0.5, 0.6) is 0 Å². The van der Waals surface area contributed by atoms with E-state index in [-0.39, 0.29) is 6.10 Å². The van der Waals surface area contributed by atoms with E-state index < -0.39 is 12.7 Å². The van der Waals surface area contributed by atoms with Crippen molar-refractivity contribution in [2.75, 3.05) is 53.4 Å². The van der Waals surface area contributed by atoms with Gasteiger partial charge in [0.15, 0.2) is 5.96 Å². The first-order chi connectivity index (χ1) is 12.8. The number of hydrogen-bond acceptors (Lipinski definition) is 3. The Morgan fingerprint density at radius 2 is 2.11 bits per heavy atom. The van der Waals surface area contributed by atoms with Crippen molar-refractivity contribution < 1.29 is 17.9 Å². The third kappa shape index (κ3) is 7.03. The molecule has 0 aromatic heterocycles. The number of alkyl halides is 3. The molecule has 0 aliphatic carbocycles. The lowest BCUT2D eigenvalue weighted by atomic mass is 10.0. The molecule has 152 valence electrons. The number of hydrogen-bond donors (Lipinski definition) is 1. The van der Waals surface area contributed by atoms with E-state index >= 15 is 0 Å². The highest BCUT2D eigenvalue weighted by atomic mass is 19.4. The maximum atomic E-state index is 12.4. The molecule has 1 aromatic rings. The summed E-state index contributed by atoms with van der Waals surface area (Å²) < 4.78 is 43.0. The summed E-state index contributed by atoms with van der Waals surface area (Å²) in [6, 6.07) is 8.17. The van der Waals surface area contributed by atoms with Crippen molar-refractivity contribution in [1.29, 1.82) is 0 Å². The topological polar surface area (TPSA) is 40.1 Å². The molecule has 1 aliphatic rings. The smallest absolute Gasteiger partial charge is 0.370 e. The zero-order valence-corrected chi connectivity index (χ0v) is 16.2. The van der Waals surface area contributed by atoms with E-state index in [1.54, 1.807) is 7.05 Å². The quantitative estimate of drug-likeness (QED) is 0.464. The molecule has 8 heteroatoms. The number of ether oxygens (including phenoxy) is 1. The van der Waals surface area contributed by atoms with Crippen molar-refractivity contribution in [3.8, 4) is 0 Å². The Hall–Kier alpha value is -1.80. The molecule has 1 atom stereocenters. The van der Waals surface area contributed by atoms with Gasteiger partial charge < -0.3 is 15.0 Å². The Kier molecular flexibility index (Phi) is 7.91. The summed E-state index contributed by atoms with van der Waals surface area (Å²) in [6.07, 6.45) is -3.57. The maximum absolute atomic E-state index is 12.4. The van der Waals surface area contributed by atoms with Crippen LogP contribution in [0.15, 0.2) is 29.3 Å². The van der Waals surface area contributed by atoms with Crippen LogP contribution in [0, 0.1) is 6.92 Å². The van der Waals surface area contributed by atoms with Crippen molar-refractivity contribution in [1.82, 2.24) is 15.1 Å². The van der Waals surface area contributed by atoms with Gasteiger partial charge in [0.2, 0.25) is 0 Å². The van der Waals surface area contributed by atoms with Gasteiger partial charge in [-0.15, -0.1) is 0 Å². The fourth-order valence-corrected chi connectivity index (χ4v) is 3.24.